The molecule has 20 heavy (non-hydrogen) atoms. The van der Waals surface area contributed by atoms with E-state index < -0.39 is 22.2 Å². The zero-order valence-electron chi connectivity index (χ0n) is 11.3. The van der Waals surface area contributed by atoms with Crippen LogP contribution >= 0.6 is 0 Å². The Kier molecular flexibility index (Phi) is 5.23. The first-order valence-electron chi connectivity index (χ1n) is 5.87. The van der Waals surface area contributed by atoms with Gasteiger partial charge in [0.1, 0.15) is 0 Å². The Hall–Kier alpha value is -1.48. The Balaban J connectivity index is 2.86. The van der Waals surface area contributed by atoms with Crippen LogP contribution in [0.15, 0.2) is 29.2 Å². The number of carbonyl (C=O) groups excluding carboxylic acids is 1. The molecular formula is C12H18N2O5S. The monoisotopic (exact) mass is 302 g/mol. The second kappa shape index (κ2) is 6.31. The Morgan fingerprint density at radius 1 is 1.30 bits per heavy atom. The van der Waals surface area contributed by atoms with E-state index in [2.05, 4.69) is 10.0 Å². The standard InChI is InChI=1S/C12H18N2O5S/c1-12(17,8-15)7-14-20(18,19)10-5-3-9(4-6-10)11(16)13-2/h3-6,14-15,17H,7-8H2,1-2H3,(H,13,16). The van der Waals surface area contributed by atoms with Gasteiger partial charge in [-0.1, -0.05) is 0 Å². The average Bonchev–Trinajstić information content (AvgIpc) is 2.45. The second-order valence-electron chi connectivity index (χ2n) is 4.58. The highest BCUT2D eigenvalue weighted by Crippen LogP contribution is 2.11. The zero-order valence-corrected chi connectivity index (χ0v) is 12.1. The smallest absolute Gasteiger partial charge is 0.251 e. The summed E-state index contributed by atoms with van der Waals surface area (Å²) in [6.45, 7) is 0.429. The third-order valence-corrected chi connectivity index (χ3v) is 4.05. The first kappa shape index (κ1) is 16.6. The van der Waals surface area contributed by atoms with E-state index in [1.54, 1.807) is 0 Å². The summed E-state index contributed by atoms with van der Waals surface area (Å²) < 4.78 is 26.1. The van der Waals surface area contributed by atoms with E-state index in [0.717, 1.165) is 0 Å². The van der Waals surface area contributed by atoms with Gasteiger partial charge in [-0.25, -0.2) is 13.1 Å². The molecule has 1 aromatic carbocycles. The number of sulfonamides is 1. The van der Waals surface area contributed by atoms with Crippen LogP contribution in [-0.2, 0) is 10.0 Å². The lowest BCUT2D eigenvalue weighted by atomic mass is 10.1. The fraction of sp³-hybridized carbons (Fsp3) is 0.417. The van der Waals surface area contributed by atoms with Gasteiger partial charge < -0.3 is 15.5 Å². The molecule has 0 heterocycles. The lowest BCUT2D eigenvalue weighted by Crippen LogP contribution is -2.43. The number of hydrogen-bond acceptors (Lipinski definition) is 5. The molecule has 0 aromatic heterocycles. The Bertz CT molecular complexity index is 566. The molecule has 1 unspecified atom stereocenters. The van der Waals surface area contributed by atoms with Crippen molar-refractivity contribution in [3.05, 3.63) is 29.8 Å². The average molecular weight is 302 g/mol. The number of carbonyl (C=O) groups is 1. The van der Waals surface area contributed by atoms with E-state index in [1.807, 2.05) is 0 Å². The predicted molar refractivity (Wildman–Crippen MR) is 72.7 cm³/mol. The van der Waals surface area contributed by atoms with Crippen molar-refractivity contribution in [2.24, 2.45) is 0 Å². The largest absolute Gasteiger partial charge is 0.393 e. The maximum atomic E-state index is 11.9. The number of amides is 1. The van der Waals surface area contributed by atoms with E-state index in [0.29, 0.717) is 5.56 Å². The fourth-order valence-electron chi connectivity index (χ4n) is 1.32. The third-order valence-electron chi connectivity index (χ3n) is 2.64. The second-order valence-corrected chi connectivity index (χ2v) is 6.35. The van der Waals surface area contributed by atoms with Crippen LogP contribution in [-0.4, -0.2) is 50.3 Å². The van der Waals surface area contributed by atoms with Gasteiger partial charge in [0.15, 0.2) is 0 Å². The molecule has 1 atom stereocenters. The van der Waals surface area contributed by atoms with Crippen LogP contribution in [0.1, 0.15) is 17.3 Å². The van der Waals surface area contributed by atoms with E-state index in [4.69, 9.17) is 5.11 Å². The van der Waals surface area contributed by atoms with Crippen molar-refractivity contribution in [3.63, 3.8) is 0 Å². The SMILES string of the molecule is CNC(=O)c1ccc(S(=O)(=O)NCC(C)(O)CO)cc1. The summed E-state index contributed by atoms with van der Waals surface area (Å²) >= 11 is 0. The Labute approximate surface area is 117 Å². The predicted octanol–water partition coefficient (Wildman–Crippen LogP) is -0.932. The van der Waals surface area contributed by atoms with Crippen molar-refractivity contribution in [1.29, 1.82) is 0 Å². The summed E-state index contributed by atoms with van der Waals surface area (Å²) in [7, 11) is -2.33. The molecule has 0 fully saturated rings. The normalized spacial score (nSPS) is 14.6. The van der Waals surface area contributed by atoms with Crippen molar-refractivity contribution in [3.8, 4) is 0 Å². The number of hydrogen-bond donors (Lipinski definition) is 4. The summed E-state index contributed by atoms with van der Waals surface area (Å²) in [6.07, 6.45) is 0. The fourth-order valence-corrected chi connectivity index (χ4v) is 2.48. The molecule has 1 amide bonds. The molecule has 0 aliphatic heterocycles. The zero-order chi connectivity index (χ0) is 15.4. The van der Waals surface area contributed by atoms with Gasteiger partial charge in [0.25, 0.3) is 5.91 Å². The van der Waals surface area contributed by atoms with Crippen LogP contribution in [0, 0.1) is 0 Å². The lowest BCUT2D eigenvalue weighted by molar-refractivity contribution is 0.00681. The van der Waals surface area contributed by atoms with E-state index in [9.17, 15) is 18.3 Å². The highest BCUT2D eigenvalue weighted by Gasteiger charge is 2.23. The van der Waals surface area contributed by atoms with Crippen LogP contribution in [0.5, 0.6) is 0 Å². The minimum atomic E-state index is -3.81. The van der Waals surface area contributed by atoms with Crippen LogP contribution in [0.3, 0.4) is 0 Å². The van der Waals surface area contributed by atoms with Gasteiger partial charge in [-0.15, -0.1) is 0 Å². The van der Waals surface area contributed by atoms with Crippen molar-refractivity contribution in [2.75, 3.05) is 20.2 Å². The minimum Gasteiger partial charge on any atom is -0.393 e. The van der Waals surface area contributed by atoms with Crippen molar-refractivity contribution in [1.82, 2.24) is 10.0 Å². The molecule has 0 aliphatic rings. The van der Waals surface area contributed by atoms with Crippen molar-refractivity contribution >= 4 is 15.9 Å². The van der Waals surface area contributed by atoms with Crippen molar-refractivity contribution < 1.29 is 23.4 Å². The summed E-state index contributed by atoms with van der Waals surface area (Å²) in [5.41, 5.74) is -1.19. The molecule has 7 nitrogen and oxygen atoms in total. The van der Waals surface area contributed by atoms with Gasteiger partial charge in [-0.2, -0.15) is 0 Å². The van der Waals surface area contributed by atoms with E-state index >= 15 is 0 Å². The molecule has 4 N–H and O–H groups in total. The van der Waals surface area contributed by atoms with Crippen LogP contribution in [0.4, 0.5) is 0 Å². The van der Waals surface area contributed by atoms with Gasteiger partial charge in [0, 0.05) is 19.2 Å². The lowest BCUT2D eigenvalue weighted by Gasteiger charge is -2.20. The first-order valence-corrected chi connectivity index (χ1v) is 7.35. The first-order chi connectivity index (χ1) is 9.22. The minimum absolute atomic E-state index is 0.0288. The number of aliphatic hydroxyl groups is 2. The molecule has 1 rings (SSSR count). The molecule has 0 aliphatic carbocycles. The Morgan fingerprint density at radius 2 is 1.85 bits per heavy atom. The topological polar surface area (TPSA) is 116 Å². The summed E-state index contributed by atoms with van der Waals surface area (Å²) in [4.78, 5) is 11.3. The number of aliphatic hydroxyl groups excluding tert-OH is 1. The van der Waals surface area contributed by atoms with Gasteiger partial charge in [-0.05, 0) is 31.2 Å². The summed E-state index contributed by atoms with van der Waals surface area (Å²) in [5, 5.41) is 20.8. The summed E-state index contributed by atoms with van der Waals surface area (Å²) in [5.74, 6) is -0.315. The maximum Gasteiger partial charge on any atom is 0.251 e. The third kappa shape index (κ3) is 4.27. The highest BCUT2D eigenvalue weighted by molar-refractivity contribution is 7.89. The molecular weight excluding hydrogens is 284 g/mol. The Morgan fingerprint density at radius 3 is 2.30 bits per heavy atom. The maximum absolute atomic E-state index is 11.9. The molecule has 0 saturated heterocycles. The van der Waals surface area contributed by atoms with Gasteiger partial charge >= 0.3 is 0 Å². The van der Waals surface area contributed by atoms with Crippen LogP contribution < -0.4 is 10.0 Å². The molecule has 1 aromatic rings. The van der Waals surface area contributed by atoms with Crippen molar-refractivity contribution in [2.45, 2.75) is 17.4 Å². The van der Waals surface area contributed by atoms with E-state index in [-0.39, 0.29) is 17.3 Å². The molecule has 0 spiro atoms. The highest BCUT2D eigenvalue weighted by atomic mass is 32.2. The van der Waals surface area contributed by atoms with Gasteiger partial charge in [0.2, 0.25) is 10.0 Å². The number of nitrogens with one attached hydrogen (secondary N) is 2. The van der Waals surface area contributed by atoms with Gasteiger partial charge in [0.05, 0.1) is 17.1 Å². The quantitative estimate of drug-likeness (QED) is 0.542. The molecule has 0 radical (unpaired) electrons. The van der Waals surface area contributed by atoms with Crippen LogP contribution in [0.25, 0.3) is 0 Å². The molecule has 0 saturated carbocycles. The number of rotatable bonds is 6. The van der Waals surface area contributed by atoms with Gasteiger partial charge in [-0.3, -0.25) is 4.79 Å². The number of benzene rings is 1. The van der Waals surface area contributed by atoms with Crippen LogP contribution in [0.2, 0.25) is 0 Å². The summed E-state index contributed by atoms with van der Waals surface area (Å²) in [6, 6.07) is 5.36. The molecule has 0 bridgehead atoms. The molecule has 8 heteroatoms. The van der Waals surface area contributed by atoms with E-state index in [1.165, 1.54) is 38.2 Å². The molecule has 112 valence electrons.